The Kier molecular flexibility index (Phi) is 7.15. The summed E-state index contributed by atoms with van der Waals surface area (Å²) in [5.74, 6) is 0.328. The van der Waals surface area contributed by atoms with Gasteiger partial charge in [-0.15, -0.1) is 10.2 Å². The smallest absolute Gasteiger partial charge is 0.233 e. The Morgan fingerprint density at radius 2 is 1.38 bits per heavy atom. The highest BCUT2D eigenvalue weighted by atomic mass is 32.2. The number of carbonyl (C=O) groups excluding carboxylic acids is 1. The zero-order chi connectivity index (χ0) is 23.3. The van der Waals surface area contributed by atoms with Crippen molar-refractivity contribution < 1.29 is 9.18 Å². The third-order valence-electron chi connectivity index (χ3n) is 6.21. The molecular weight excluding hydrogens is 471 g/mol. The number of hydrogen-bond acceptors (Lipinski definition) is 8. The highest BCUT2D eigenvalue weighted by Crippen LogP contribution is 2.29. The second-order valence-corrected chi connectivity index (χ2v) is 10.5. The van der Waals surface area contributed by atoms with Crippen LogP contribution >= 0.6 is 23.1 Å². The van der Waals surface area contributed by atoms with Gasteiger partial charge in [-0.1, -0.05) is 41.3 Å². The second-order valence-electron chi connectivity index (χ2n) is 8.29. The number of anilines is 3. The van der Waals surface area contributed by atoms with Crippen LogP contribution in [0.15, 0.2) is 58.9 Å². The number of halogens is 1. The summed E-state index contributed by atoms with van der Waals surface area (Å²) in [6.45, 7) is 6.56. The van der Waals surface area contributed by atoms with E-state index >= 15 is 0 Å². The summed E-state index contributed by atoms with van der Waals surface area (Å²) in [6.07, 6.45) is 0. The zero-order valence-corrected chi connectivity index (χ0v) is 20.5. The predicted molar refractivity (Wildman–Crippen MR) is 137 cm³/mol. The number of amides is 1. The number of benzene rings is 2. The first kappa shape index (κ1) is 22.9. The zero-order valence-electron chi connectivity index (χ0n) is 18.8. The van der Waals surface area contributed by atoms with Crippen LogP contribution in [0.2, 0.25) is 0 Å². The average Bonchev–Trinajstić information content (AvgIpc) is 3.38. The van der Waals surface area contributed by atoms with Crippen molar-refractivity contribution in [3.63, 3.8) is 0 Å². The Morgan fingerprint density at radius 3 is 2.06 bits per heavy atom. The number of para-hydroxylation sites is 1. The van der Waals surface area contributed by atoms with Crippen LogP contribution in [0.25, 0.3) is 0 Å². The Bertz CT molecular complexity index is 1080. The van der Waals surface area contributed by atoms with E-state index in [1.165, 1.54) is 29.6 Å². The van der Waals surface area contributed by atoms with Gasteiger partial charge in [-0.25, -0.2) is 4.39 Å². The van der Waals surface area contributed by atoms with Gasteiger partial charge in [-0.05, 0) is 36.4 Å². The third kappa shape index (κ3) is 5.44. The summed E-state index contributed by atoms with van der Waals surface area (Å²) in [4.78, 5) is 21.5. The fourth-order valence-electron chi connectivity index (χ4n) is 4.26. The van der Waals surface area contributed by atoms with Crippen molar-refractivity contribution in [3.8, 4) is 0 Å². The van der Waals surface area contributed by atoms with Crippen LogP contribution in [-0.2, 0) is 4.79 Å². The van der Waals surface area contributed by atoms with E-state index in [0.29, 0.717) is 5.75 Å². The molecular formula is C24H27FN6OS2. The van der Waals surface area contributed by atoms with Gasteiger partial charge in [0, 0.05) is 63.7 Å². The van der Waals surface area contributed by atoms with Gasteiger partial charge in [0.1, 0.15) is 5.82 Å². The lowest BCUT2D eigenvalue weighted by Gasteiger charge is -2.36. The van der Waals surface area contributed by atoms with Gasteiger partial charge in [-0.2, -0.15) is 0 Å². The van der Waals surface area contributed by atoms with Crippen LogP contribution in [-0.4, -0.2) is 79.1 Å². The summed E-state index contributed by atoms with van der Waals surface area (Å²) in [6, 6.07) is 17.0. The van der Waals surface area contributed by atoms with E-state index in [1.807, 2.05) is 35.2 Å². The van der Waals surface area contributed by atoms with Gasteiger partial charge < -0.3 is 19.6 Å². The Labute approximate surface area is 207 Å². The Hall–Kier alpha value is -2.85. The predicted octanol–water partition coefficient (Wildman–Crippen LogP) is 3.44. The van der Waals surface area contributed by atoms with E-state index in [9.17, 15) is 9.18 Å². The van der Waals surface area contributed by atoms with Crippen LogP contribution < -0.4 is 14.7 Å². The summed E-state index contributed by atoms with van der Waals surface area (Å²) in [5, 5.41) is 9.55. The molecule has 5 rings (SSSR count). The van der Waals surface area contributed by atoms with Crippen molar-refractivity contribution in [2.45, 2.75) is 4.34 Å². The lowest BCUT2D eigenvalue weighted by Crippen LogP contribution is -2.49. The molecule has 0 unspecified atom stereocenters. The van der Waals surface area contributed by atoms with E-state index < -0.39 is 0 Å². The molecule has 3 heterocycles. The minimum absolute atomic E-state index is 0.155. The fourth-order valence-corrected chi connectivity index (χ4v) is 6.06. The van der Waals surface area contributed by atoms with Gasteiger partial charge in [0.2, 0.25) is 11.0 Å². The quantitative estimate of drug-likeness (QED) is 0.483. The van der Waals surface area contributed by atoms with Crippen molar-refractivity contribution in [2.75, 3.05) is 72.8 Å². The molecule has 3 aromatic rings. The fraction of sp³-hybridized carbons (Fsp3) is 0.375. The van der Waals surface area contributed by atoms with E-state index in [0.717, 1.165) is 67.5 Å². The monoisotopic (exact) mass is 498 g/mol. The van der Waals surface area contributed by atoms with Gasteiger partial charge >= 0.3 is 0 Å². The largest absolute Gasteiger partial charge is 0.368 e. The molecule has 1 aromatic heterocycles. The normalized spacial score (nSPS) is 16.7. The standard InChI is InChI=1S/C24H27FN6OS2/c25-19-6-8-21(9-7-19)29-12-16-31(17-13-29)23-26-27-24(34-23)33-18-22(32)30-14-10-28(11-15-30)20-4-2-1-3-5-20/h1-9H,10-18H2. The molecule has 2 aliphatic rings. The molecule has 0 spiro atoms. The lowest BCUT2D eigenvalue weighted by molar-refractivity contribution is -0.128. The van der Waals surface area contributed by atoms with Crippen LogP contribution in [0.4, 0.5) is 20.9 Å². The summed E-state index contributed by atoms with van der Waals surface area (Å²) < 4.78 is 14.0. The number of rotatable bonds is 6. The molecule has 7 nitrogen and oxygen atoms in total. The van der Waals surface area contributed by atoms with E-state index in [1.54, 1.807) is 11.3 Å². The molecule has 178 valence electrons. The highest BCUT2D eigenvalue weighted by molar-refractivity contribution is 8.01. The number of carbonyl (C=O) groups is 1. The van der Waals surface area contributed by atoms with Crippen LogP contribution in [0.5, 0.6) is 0 Å². The third-order valence-corrected chi connectivity index (χ3v) is 8.31. The van der Waals surface area contributed by atoms with Crippen molar-refractivity contribution in [2.24, 2.45) is 0 Å². The van der Waals surface area contributed by atoms with E-state index in [2.05, 4.69) is 37.0 Å². The number of aromatic nitrogens is 2. The van der Waals surface area contributed by atoms with Gasteiger partial charge in [0.15, 0.2) is 4.34 Å². The molecule has 2 aromatic carbocycles. The van der Waals surface area contributed by atoms with Gasteiger partial charge in [0.05, 0.1) is 5.75 Å². The molecule has 1 amide bonds. The molecule has 0 radical (unpaired) electrons. The average molecular weight is 499 g/mol. The summed E-state index contributed by atoms with van der Waals surface area (Å²) in [5.41, 5.74) is 2.25. The van der Waals surface area contributed by atoms with Crippen LogP contribution in [0.1, 0.15) is 0 Å². The lowest BCUT2D eigenvalue weighted by atomic mass is 10.2. The molecule has 0 atom stereocenters. The molecule has 34 heavy (non-hydrogen) atoms. The molecule has 0 aliphatic carbocycles. The molecule has 2 fully saturated rings. The SMILES string of the molecule is O=C(CSc1nnc(N2CCN(c3ccc(F)cc3)CC2)s1)N1CCN(c2ccccc2)CC1. The van der Waals surface area contributed by atoms with Gasteiger partial charge in [0.25, 0.3) is 0 Å². The summed E-state index contributed by atoms with van der Waals surface area (Å²) >= 11 is 3.01. The maximum absolute atomic E-state index is 13.2. The van der Waals surface area contributed by atoms with Gasteiger partial charge in [-0.3, -0.25) is 4.79 Å². The first-order valence-corrected chi connectivity index (χ1v) is 13.3. The topological polar surface area (TPSA) is 55.8 Å². The molecule has 0 bridgehead atoms. The Balaban J connectivity index is 1.07. The first-order chi connectivity index (χ1) is 16.7. The maximum Gasteiger partial charge on any atom is 0.233 e. The van der Waals surface area contributed by atoms with Crippen molar-refractivity contribution >= 4 is 45.5 Å². The highest BCUT2D eigenvalue weighted by Gasteiger charge is 2.23. The number of piperazine rings is 2. The minimum atomic E-state index is -0.214. The molecule has 0 saturated carbocycles. The van der Waals surface area contributed by atoms with Crippen molar-refractivity contribution in [3.05, 3.63) is 60.4 Å². The molecule has 10 heteroatoms. The number of nitrogens with zero attached hydrogens (tertiary/aromatic N) is 6. The Morgan fingerprint density at radius 1 is 0.794 bits per heavy atom. The molecule has 2 saturated heterocycles. The molecule has 2 aliphatic heterocycles. The van der Waals surface area contributed by atoms with Crippen LogP contribution in [0.3, 0.4) is 0 Å². The number of thioether (sulfide) groups is 1. The van der Waals surface area contributed by atoms with E-state index in [4.69, 9.17) is 0 Å². The minimum Gasteiger partial charge on any atom is -0.368 e. The van der Waals surface area contributed by atoms with Crippen molar-refractivity contribution in [1.82, 2.24) is 15.1 Å². The van der Waals surface area contributed by atoms with Crippen molar-refractivity contribution in [1.29, 1.82) is 0 Å². The second kappa shape index (κ2) is 10.6. The summed E-state index contributed by atoms with van der Waals surface area (Å²) in [7, 11) is 0. The maximum atomic E-state index is 13.2. The van der Waals surface area contributed by atoms with E-state index in [-0.39, 0.29) is 11.7 Å². The van der Waals surface area contributed by atoms with Crippen LogP contribution in [0, 0.1) is 5.82 Å². The molecule has 0 N–H and O–H groups in total. The number of hydrogen-bond donors (Lipinski definition) is 0. The first-order valence-electron chi connectivity index (χ1n) is 11.5.